The lowest BCUT2D eigenvalue weighted by Crippen LogP contribution is -2.61. The van der Waals surface area contributed by atoms with Crippen LogP contribution in [0, 0.1) is 16.0 Å². The number of hydrogen-bond acceptors (Lipinski definition) is 8. The van der Waals surface area contributed by atoms with Gasteiger partial charge in [-0.15, -0.1) is 0 Å². The zero-order valence-corrected chi connectivity index (χ0v) is 17.3. The van der Waals surface area contributed by atoms with Crippen LogP contribution < -0.4 is 0 Å². The van der Waals surface area contributed by atoms with E-state index in [1.54, 1.807) is 25.4 Å². The molecule has 0 unspecified atom stereocenters. The van der Waals surface area contributed by atoms with Crippen LogP contribution in [0.4, 0.5) is 5.69 Å². The highest BCUT2D eigenvalue weighted by atomic mass is 32.2. The molecule has 4 rings (SSSR count). The number of thioether (sulfide) groups is 1. The van der Waals surface area contributed by atoms with Gasteiger partial charge in [0.15, 0.2) is 0 Å². The number of rotatable bonds is 7. The third-order valence-electron chi connectivity index (χ3n) is 5.27. The number of nitrogens with zero attached hydrogens (tertiary/aromatic N) is 3. The van der Waals surface area contributed by atoms with E-state index in [4.69, 9.17) is 4.74 Å². The second-order valence-electron chi connectivity index (χ2n) is 7.31. The first kappa shape index (κ1) is 21.0. The maximum absolute atomic E-state index is 12.9. The van der Waals surface area contributed by atoms with Crippen LogP contribution in [-0.2, 0) is 20.9 Å². The number of hydrogen-bond donors (Lipinski definition) is 1. The van der Waals surface area contributed by atoms with E-state index in [0.717, 1.165) is 4.90 Å². The minimum atomic E-state index is -0.811. The van der Waals surface area contributed by atoms with E-state index in [1.165, 1.54) is 40.9 Å². The van der Waals surface area contributed by atoms with E-state index in [0.29, 0.717) is 16.9 Å². The van der Waals surface area contributed by atoms with Crippen LogP contribution in [0.5, 0.6) is 0 Å². The van der Waals surface area contributed by atoms with Crippen LogP contribution in [0.25, 0.3) is 0 Å². The van der Waals surface area contributed by atoms with Gasteiger partial charge < -0.3 is 14.7 Å². The van der Waals surface area contributed by atoms with Gasteiger partial charge in [-0.2, -0.15) is 0 Å². The second-order valence-corrected chi connectivity index (χ2v) is 8.48. The molecule has 3 heterocycles. The van der Waals surface area contributed by atoms with Crippen molar-refractivity contribution in [1.82, 2.24) is 9.88 Å². The summed E-state index contributed by atoms with van der Waals surface area (Å²) in [5.41, 5.74) is 0.719. The molecule has 0 aliphatic carbocycles. The molecule has 0 bridgehead atoms. The number of carbonyl (C=O) groups excluding carboxylic acids is 2. The highest BCUT2D eigenvalue weighted by Gasteiger charge is 2.57. The van der Waals surface area contributed by atoms with Gasteiger partial charge in [0.2, 0.25) is 5.91 Å². The number of benzene rings is 1. The lowest BCUT2D eigenvalue weighted by atomic mass is 9.83. The number of nitro groups is 1. The van der Waals surface area contributed by atoms with Crippen molar-refractivity contribution in [3.05, 3.63) is 75.1 Å². The number of nitro benzene ring substituents is 1. The number of aliphatic hydroxyl groups excluding tert-OH is 1. The van der Waals surface area contributed by atoms with Gasteiger partial charge in [-0.1, -0.05) is 11.8 Å². The van der Waals surface area contributed by atoms with Crippen molar-refractivity contribution in [1.29, 1.82) is 0 Å². The summed E-state index contributed by atoms with van der Waals surface area (Å²) in [4.78, 5) is 42.8. The molecule has 31 heavy (non-hydrogen) atoms. The topological polar surface area (TPSA) is 123 Å². The smallest absolute Gasteiger partial charge is 0.356 e. The van der Waals surface area contributed by atoms with Crippen LogP contribution in [0.15, 0.2) is 64.3 Å². The zero-order chi connectivity index (χ0) is 22.1. The van der Waals surface area contributed by atoms with Gasteiger partial charge in [0.1, 0.15) is 12.3 Å². The van der Waals surface area contributed by atoms with E-state index in [-0.39, 0.29) is 29.9 Å². The summed E-state index contributed by atoms with van der Waals surface area (Å²) in [6, 6.07) is 9.06. The number of non-ortho nitro benzene ring substituents is 1. The fourth-order valence-corrected chi connectivity index (χ4v) is 4.87. The minimum absolute atomic E-state index is 0.0538. The van der Waals surface area contributed by atoms with Crippen molar-refractivity contribution < 1.29 is 24.4 Å². The molecular weight excluding hydrogens is 422 g/mol. The number of β-lactam (4-membered cyclic amide) rings is 1. The third-order valence-corrected chi connectivity index (χ3v) is 6.36. The maximum Gasteiger partial charge on any atom is 0.356 e. The van der Waals surface area contributed by atoms with Gasteiger partial charge in [-0.05, 0) is 36.8 Å². The van der Waals surface area contributed by atoms with Gasteiger partial charge in [-0.25, -0.2) is 4.79 Å². The van der Waals surface area contributed by atoms with Gasteiger partial charge in [0, 0.05) is 40.7 Å². The number of fused-ring (bicyclic) bond motifs is 1. The van der Waals surface area contributed by atoms with Crippen LogP contribution in [0.3, 0.4) is 0 Å². The molecule has 0 radical (unpaired) electrons. The molecule has 3 atom stereocenters. The Morgan fingerprint density at radius 1 is 1.39 bits per heavy atom. The lowest BCUT2D eigenvalue weighted by molar-refractivity contribution is -0.384. The monoisotopic (exact) mass is 441 g/mol. The van der Waals surface area contributed by atoms with Gasteiger partial charge in [0.25, 0.3) is 5.69 Å². The first-order valence-electron chi connectivity index (χ1n) is 9.59. The molecular formula is C21H19N3O6S. The molecule has 1 amide bonds. The number of pyridine rings is 1. The fourth-order valence-electron chi connectivity index (χ4n) is 3.79. The third kappa shape index (κ3) is 4.04. The number of amides is 1. The largest absolute Gasteiger partial charge is 0.456 e. The number of ether oxygens (including phenoxy) is 1. The zero-order valence-electron chi connectivity index (χ0n) is 16.5. The Morgan fingerprint density at radius 3 is 2.74 bits per heavy atom. The molecule has 1 aromatic heterocycles. The van der Waals surface area contributed by atoms with Crippen molar-refractivity contribution in [3.8, 4) is 0 Å². The average Bonchev–Trinajstić information content (AvgIpc) is 3.06. The Morgan fingerprint density at radius 2 is 2.13 bits per heavy atom. The van der Waals surface area contributed by atoms with Crippen LogP contribution in [0.1, 0.15) is 18.9 Å². The quantitative estimate of drug-likeness (QED) is 0.301. The molecule has 2 aromatic rings. The first-order chi connectivity index (χ1) is 14.9. The van der Waals surface area contributed by atoms with E-state index < -0.39 is 22.9 Å². The van der Waals surface area contributed by atoms with Gasteiger partial charge in [-0.3, -0.25) is 19.9 Å². The Kier molecular flexibility index (Phi) is 5.75. The van der Waals surface area contributed by atoms with Crippen LogP contribution in [-0.4, -0.2) is 43.9 Å². The maximum atomic E-state index is 12.9. The minimum Gasteiger partial charge on any atom is -0.456 e. The SMILES string of the molecule is C[C@@H](O)[C@H]1C(=O)N2C(C(=O)OCc3ccc([N+](=O)[O-])cc3)=C(Sc3cccnc3)C[C@H]12. The predicted molar refractivity (Wildman–Crippen MR) is 110 cm³/mol. The van der Waals surface area contributed by atoms with Crippen LogP contribution in [0.2, 0.25) is 0 Å². The summed E-state index contributed by atoms with van der Waals surface area (Å²) in [6.07, 6.45) is 2.95. The molecule has 1 N–H and O–H groups in total. The molecule has 1 saturated heterocycles. The predicted octanol–water partition coefficient (Wildman–Crippen LogP) is 2.65. The van der Waals surface area contributed by atoms with E-state index in [2.05, 4.69) is 4.98 Å². The number of esters is 1. The van der Waals surface area contributed by atoms with Gasteiger partial charge >= 0.3 is 5.97 Å². The van der Waals surface area contributed by atoms with Crippen molar-refractivity contribution in [2.24, 2.45) is 5.92 Å². The standard InChI is InChI=1S/C21H19N3O6S/c1-12(25)18-16-9-17(31-15-3-2-8-22-10-15)19(23(16)20(18)26)21(27)30-11-13-4-6-14(7-5-13)24(28)29/h2-8,10,12,16,18,25H,9,11H2,1H3/t12-,16-,18-/m1/s1. The van der Waals surface area contributed by atoms with Crippen molar-refractivity contribution in [2.75, 3.05) is 0 Å². The average molecular weight is 441 g/mol. The van der Waals surface area contributed by atoms with E-state index in [9.17, 15) is 24.8 Å². The number of aliphatic hydroxyl groups is 1. The van der Waals surface area contributed by atoms with Crippen molar-refractivity contribution in [3.63, 3.8) is 0 Å². The summed E-state index contributed by atoms with van der Waals surface area (Å²) in [7, 11) is 0. The number of aromatic nitrogens is 1. The first-order valence-corrected chi connectivity index (χ1v) is 10.4. The molecule has 0 saturated carbocycles. The van der Waals surface area contributed by atoms with Crippen LogP contribution >= 0.6 is 11.8 Å². The summed E-state index contributed by atoms with van der Waals surface area (Å²) < 4.78 is 5.42. The molecule has 1 fully saturated rings. The highest BCUT2D eigenvalue weighted by molar-refractivity contribution is 8.03. The molecule has 2 aliphatic rings. The van der Waals surface area contributed by atoms with Gasteiger partial charge in [0.05, 0.1) is 23.0 Å². The Labute approximate surface area is 181 Å². The molecule has 160 valence electrons. The summed E-state index contributed by atoms with van der Waals surface area (Å²) in [5, 5.41) is 20.7. The second kappa shape index (κ2) is 8.48. The van der Waals surface area contributed by atoms with E-state index in [1.807, 2.05) is 6.07 Å². The van der Waals surface area contributed by atoms with E-state index >= 15 is 0 Å². The summed E-state index contributed by atoms with van der Waals surface area (Å²) >= 11 is 1.34. The highest BCUT2D eigenvalue weighted by Crippen LogP contribution is 2.48. The molecule has 0 spiro atoms. The van der Waals surface area contributed by atoms with Crippen molar-refractivity contribution in [2.45, 2.75) is 37.0 Å². The van der Waals surface area contributed by atoms with Crippen molar-refractivity contribution >= 4 is 29.3 Å². The molecule has 10 heteroatoms. The molecule has 1 aromatic carbocycles. The Hall–Kier alpha value is -3.24. The molecule has 9 nitrogen and oxygen atoms in total. The lowest BCUT2D eigenvalue weighted by Gasteiger charge is -2.44. The number of carbonyl (C=O) groups is 2. The Bertz CT molecular complexity index is 1050. The summed E-state index contributed by atoms with van der Waals surface area (Å²) in [6.45, 7) is 1.48. The Balaban J connectivity index is 1.54. The fraction of sp³-hybridized carbons (Fsp3) is 0.286. The molecule has 2 aliphatic heterocycles. The normalized spacial score (nSPS) is 20.8. The summed E-state index contributed by atoms with van der Waals surface area (Å²) in [5.74, 6) is -1.50.